The van der Waals surface area contributed by atoms with Crippen LogP contribution in [0, 0.1) is 0 Å². The molecule has 2 rings (SSSR count). The van der Waals surface area contributed by atoms with Crippen LogP contribution < -0.4 is 11.1 Å². The summed E-state index contributed by atoms with van der Waals surface area (Å²) >= 11 is 1.47. The molecule has 1 saturated heterocycles. The fourth-order valence-electron chi connectivity index (χ4n) is 1.97. The Labute approximate surface area is 147 Å². The van der Waals surface area contributed by atoms with Crippen molar-refractivity contribution in [2.24, 2.45) is 5.73 Å². The van der Waals surface area contributed by atoms with E-state index < -0.39 is 0 Å². The molecule has 1 aromatic rings. The zero-order valence-electron chi connectivity index (χ0n) is 12.6. The number of carbonyl (C=O) groups is 1. The quantitative estimate of drug-likeness (QED) is 0.798. The summed E-state index contributed by atoms with van der Waals surface area (Å²) in [5, 5.41) is 5.49. The van der Waals surface area contributed by atoms with Gasteiger partial charge in [0.15, 0.2) is 5.13 Å². The second-order valence-electron chi connectivity index (χ2n) is 5.10. The highest BCUT2D eigenvalue weighted by Gasteiger charge is 2.13. The van der Waals surface area contributed by atoms with Crippen molar-refractivity contribution in [3.8, 4) is 0 Å². The van der Waals surface area contributed by atoms with Crippen LogP contribution in [0.3, 0.4) is 0 Å². The summed E-state index contributed by atoms with van der Waals surface area (Å²) in [7, 11) is 0. The van der Waals surface area contributed by atoms with Crippen LogP contribution in [-0.2, 0) is 16.1 Å². The number of amides is 1. The first kappa shape index (κ1) is 21.6. The van der Waals surface area contributed by atoms with Gasteiger partial charge in [0, 0.05) is 37.5 Å². The summed E-state index contributed by atoms with van der Waals surface area (Å²) in [4.78, 5) is 18.4. The monoisotopic (exact) mass is 370 g/mol. The van der Waals surface area contributed by atoms with Gasteiger partial charge in [-0.3, -0.25) is 9.69 Å². The molecule has 1 aliphatic rings. The molecule has 1 amide bonds. The number of ether oxygens (including phenoxy) is 1. The number of hydrogen-bond acceptors (Lipinski definition) is 6. The summed E-state index contributed by atoms with van der Waals surface area (Å²) in [6.07, 6.45) is 1.13. The highest BCUT2D eigenvalue weighted by atomic mass is 35.5. The number of hydrogen-bond donors (Lipinski definition) is 2. The third-order valence-electron chi connectivity index (χ3n) is 3.11. The van der Waals surface area contributed by atoms with E-state index in [2.05, 4.69) is 15.2 Å². The molecule has 0 radical (unpaired) electrons. The molecule has 0 bridgehead atoms. The molecule has 6 nitrogen and oxygen atoms in total. The van der Waals surface area contributed by atoms with Crippen LogP contribution in [0.25, 0.3) is 0 Å². The minimum atomic E-state index is -0.0189. The molecule has 0 spiro atoms. The van der Waals surface area contributed by atoms with E-state index in [1.54, 1.807) is 0 Å². The zero-order valence-corrected chi connectivity index (χ0v) is 15.1. The van der Waals surface area contributed by atoms with E-state index in [4.69, 9.17) is 10.5 Å². The van der Waals surface area contributed by atoms with Gasteiger partial charge in [0.05, 0.1) is 18.9 Å². The smallest absolute Gasteiger partial charge is 0.226 e. The number of thiazole rings is 1. The van der Waals surface area contributed by atoms with E-state index in [1.807, 2.05) is 12.3 Å². The van der Waals surface area contributed by atoms with Gasteiger partial charge in [-0.05, 0) is 13.3 Å². The van der Waals surface area contributed by atoms with Crippen LogP contribution >= 0.6 is 36.2 Å². The normalized spacial score (nSPS) is 16.3. The highest BCUT2D eigenvalue weighted by molar-refractivity contribution is 7.13. The lowest BCUT2D eigenvalue weighted by molar-refractivity contribution is -0.116. The Morgan fingerprint density at radius 2 is 2.18 bits per heavy atom. The van der Waals surface area contributed by atoms with E-state index >= 15 is 0 Å². The van der Waals surface area contributed by atoms with E-state index in [-0.39, 0.29) is 36.8 Å². The summed E-state index contributed by atoms with van der Waals surface area (Å²) in [6, 6.07) is 0.0499. The number of nitrogens with one attached hydrogen (secondary N) is 1. The second-order valence-corrected chi connectivity index (χ2v) is 5.95. The average Bonchev–Trinajstić information content (AvgIpc) is 2.85. The molecule has 1 fully saturated rings. The number of rotatable bonds is 6. The number of carbonyl (C=O) groups excluding carboxylic acids is 1. The Balaban J connectivity index is 0.00000220. The standard InChI is InChI=1S/C13H22N4O2S.2ClH/c1-10(14)2-3-12(18)16-13-15-11(9-20-13)8-17-4-6-19-7-5-17;;/h9-10H,2-8,14H2,1H3,(H,15,16,18);2*1H. The van der Waals surface area contributed by atoms with Crippen molar-refractivity contribution in [1.29, 1.82) is 0 Å². The molecule has 0 aromatic carbocycles. The Kier molecular flexibility index (Phi) is 10.9. The summed E-state index contributed by atoms with van der Waals surface area (Å²) in [5.74, 6) is -0.0189. The predicted molar refractivity (Wildman–Crippen MR) is 94.2 cm³/mol. The van der Waals surface area contributed by atoms with Crippen molar-refractivity contribution in [2.45, 2.75) is 32.4 Å². The maximum absolute atomic E-state index is 11.7. The number of aromatic nitrogens is 1. The average molecular weight is 371 g/mol. The minimum Gasteiger partial charge on any atom is -0.379 e. The molecule has 22 heavy (non-hydrogen) atoms. The SMILES string of the molecule is CC(N)CCC(=O)Nc1nc(CN2CCOCC2)cs1.Cl.Cl. The van der Waals surface area contributed by atoms with Crippen molar-refractivity contribution in [3.05, 3.63) is 11.1 Å². The third-order valence-corrected chi connectivity index (χ3v) is 3.92. The van der Waals surface area contributed by atoms with Gasteiger partial charge in [-0.1, -0.05) is 0 Å². The number of halogens is 2. The lowest BCUT2D eigenvalue weighted by atomic mass is 10.2. The first-order valence-corrected chi connectivity index (χ1v) is 7.81. The molecular weight excluding hydrogens is 347 g/mol. The molecule has 0 aliphatic carbocycles. The zero-order chi connectivity index (χ0) is 14.4. The molecule has 1 aliphatic heterocycles. The van der Waals surface area contributed by atoms with Crippen LogP contribution in [0.5, 0.6) is 0 Å². The first-order chi connectivity index (χ1) is 9.63. The largest absolute Gasteiger partial charge is 0.379 e. The van der Waals surface area contributed by atoms with E-state index in [0.717, 1.165) is 38.5 Å². The molecule has 128 valence electrons. The number of morpholine rings is 1. The van der Waals surface area contributed by atoms with Crippen LogP contribution in [0.1, 0.15) is 25.5 Å². The van der Waals surface area contributed by atoms with Gasteiger partial charge in [-0.25, -0.2) is 4.98 Å². The highest BCUT2D eigenvalue weighted by Crippen LogP contribution is 2.17. The summed E-state index contributed by atoms with van der Waals surface area (Å²) in [5.41, 5.74) is 6.63. The predicted octanol–water partition coefficient (Wildman–Crippen LogP) is 1.88. The number of anilines is 1. The first-order valence-electron chi connectivity index (χ1n) is 6.93. The second kappa shape index (κ2) is 11.2. The molecule has 2 heterocycles. The van der Waals surface area contributed by atoms with Crippen LogP contribution in [0.4, 0.5) is 5.13 Å². The lowest BCUT2D eigenvalue weighted by Crippen LogP contribution is -2.35. The van der Waals surface area contributed by atoms with Crippen LogP contribution in [-0.4, -0.2) is 48.1 Å². The Hall–Kier alpha value is -0.440. The van der Waals surface area contributed by atoms with Gasteiger partial charge in [0.2, 0.25) is 5.91 Å². The van der Waals surface area contributed by atoms with Crippen molar-refractivity contribution in [3.63, 3.8) is 0 Å². The van der Waals surface area contributed by atoms with Gasteiger partial charge < -0.3 is 15.8 Å². The van der Waals surface area contributed by atoms with Gasteiger partial charge in [0.25, 0.3) is 0 Å². The van der Waals surface area contributed by atoms with E-state index in [1.165, 1.54) is 11.3 Å². The maximum atomic E-state index is 11.7. The molecule has 3 N–H and O–H groups in total. The molecular formula is C13H24Cl2N4O2S. The van der Waals surface area contributed by atoms with Crippen molar-refractivity contribution < 1.29 is 9.53 Å². The molecule has 0 saturated carbocycles. The third kappa shape index (κ3) is 7.71. The van der Waals surface area contributed by atoms with Gasteiger partial charge in [-0.15, -0.1) is 36.2 Å². The number of nitrogens with zero attached hydrogens (tertiary/aromatic N) is 2. The van der Waals surface area contributed by atoms with Crippen molar-refractivity contribution in [2.75, 3.05) is 31.6 Å². The van der Waals surface area contributed by atoms with E-state index in [0.29, 0.717) is 18.0 Å². The molecule has 1 atom stereocenters. The number of nitrogens with two attached hydrogens (primary N) is 1. The van der Waals surface area contributed by atoms with Gasteiger partial charge in [-0.2, -0.15) is 0 Å². The topological polar surface area (TPSA) is 80.5 Å². The summed E-state index contributed by atoms with van der Waals surface area (Å²) < 4.78 is 5.31. The minimum absolute atomic E-state index is 0. The maximum Gasteiger partial charge on any atom is 0.226 e. The van der Waals surface area contributed by atoms with Gasteiger partial charge in [0.1, 0.15) is 0 Å². The Bertz CT molecular complexity index is 439. The van der Waals surface area contributed by atoms with Crippen molar-refractivity contribution >= 4 is 47.2 Å². The lowest BCUT2D eigenvalue weighted by Gasteiger charge is -2.25. The fourth-order valence-corrected chi connectivity index (χ4v) is 2.68. The van der Waals surface area contributed by atoms with E-state index in [9.17, 15) is 4.79 Å². The van der Waals surface area contributed by atoms with Gasteiger partial charge >= 0.3 is 0 Å². The van der Waals surface area contributed by atoms with Crippen LogP contribution in [0.15, 0.2) is 5.38 Å². The van der Waals surface area contributed by atoms with Crippen molar-refractivity contribution in [1.82, 2.24) is 9.88 Å². The van der Waals surface area contributed by atoms with Crippen LogP contribution in [0.2, 0.25) is 0 Å². The molecule has 1 aromatic heterocycles. The molecule has 1 unspecified atom stereocenters. The Morgan fingerprint density at radius 3 is 2.82 bits per heavy atom. The summed E-state index contributed by atoms with van der Waals surface area (Å²) in [6.45, 7) is 6.16. The Morgan fingerprint density at radius 1 is 1.50 bits per heavy atom. The fraction of sp³-hybridized carbons (Fsp3) is 0.692. The molecule has 9 heteroatoms.